The number of phenols is 1. The van der Waals surface area contributed by atoms with E-state index >= 15 is 0 Å². The van der Waals surface area contributed by atoms with Crippen molar-refractivity contribution in [3.8, 4) is 5.75 Å². The highest BCUT2D eigenvalue weighted by atomic mass is 32.2. The van der Waals surface area contributed by atoms with Crippen molar-refractivity contribution in [2.45, 2.75) is 4.90 Å². The van der Waals surface area contributed by atoms with E-state index in [4.69, 9.17) is 5.11 Å². The average molecular weight is 168 g/mol. The Hall–Kier alpha value is -0.960. The fourth-order valence-electron chi connectivity index (χ4n) is 0.792. The van der Waals surface area contributed by atoms with Gasteiger partial charge >= 0.3 is 0 Å². The summed E-state index contributed by atoms with van der Waals surface area (Å²) in [6.45, 7) is 0. The van der Waals surface area contributed by atoms with Gasteiger partial charge in [-0.1, -0.05) is 0 Å². The molecule has 0 heterocycles. The van der Waals surface area contributed by atoms with Crippen LogP contribution in [0.5, 0.6) is 5.75 Å². The zero-order valence-electron chi connectivity index (χ0n) is 6.07. The molecule has 2 nitrogen and oxygen atoms in total. The Kier molecular flexibility index (Phi) is 2.54. The van der Waals surface area contributed by atoms with Gasteiger partial charge in [0.1, 0.15) is 12.0 Å². The topological polar surface area (TPSA) is 37.3 Å². The van der Waals surface area contributed by atoms with Crippen molar-refractivity contribution >= 4 is 18.0 Å². The summed E-state index contributed by atoms with van der Waals surface area (Å²) in [6, 6.07) is 4.79. The number of thioether (sulfide) groups is 1. The zero-order valence-corrected chi connectivity index (χ0v) is 6.89. The summed E-state index contributed by atoms with van der Waals surface area (Å²) < 4.78 is 0. The number of carbonyl (C=O) groups excluding carboxylic acids is 1. The molecule has 0 bridgehead atoms. The van der Waals surface area contributed by atoms with Gasteiger partial charge in [0.25, 0.3) is 0 Å². The van der Waals surface area contributed by atoms with Crippen molar-refractivity contribution in [1.29, 1.82) is 0 Å². The van der Waals surface area contributed by atoms with E-state index in [1.54, 1.807) is 12.1 Å². The van der Waals surface area contributed by atoms with Crippen molar-refractivity contribution in [1.82, 2.24) is 0 Å². The molecule has 58 valence electrons. The third-order valence-electron chi connectivity index (χ3n) is 1.29. The van der Waals surface area contributed by atoms with Gasteiger partial charge in [0.2, 0.25) is 0 Å². The summed E-state index contributed by atoms with van der Waals surface area (Å²) in [7, 11) is 0. The fourth-order valence-corrected chi connectivity index (χ4v) is 1.28. The Morgan fingerprint density at radius 3 is 2.73 bits per heavy atom. The van der Waals surface area contributed by atoms with E-state index in [0.717, 1.165) is 11.2 Å². The first-order valence-electron chi connectivity index (χ1n) is 3.09. The first kappa shape index (κ1) is 8.14. The summed E-state index contributed by atoms with van der Waals surface area (Å²) in [5, 5.41) is 9.08. The molecular weight excluding hydrogens is 160 g/mol. The highest BCUT2D eigenvalue weighted by Gasteiger charge is 1.96. The molecule has 1 aromatic rings. The number of benzene rings is 1. The summed E-state index contributed by atoms with van der Waals surface area (Å²) in [5.41, 5.74) is 0.509. The average Bonchev–Trinajstić information content (AvgIpc) is 2.03. The molecule has 0 aromatic heterocycles. The summed E-state index contributed by atoms with van der Waals surface area (Å²) in [6.07, 6.45) is 2.61. The van der Waals surface area contributed by atoms with Crippen molar-refractivity contribution < 1.29 is 9.90 Å². The second-order valence-electron chi connectivity index (χ2n) is 2.08. The molecule has 0 spiro atoms. The van der Waals surface area contributed by atoms with Gasteiger partial charge in [-0.3, -0.25) is 4.79 Å². The molecule has 0 unspecified atom stereocenters. The van der Waals surface area contributed by atoms with Gasteiger partial charge < -0.3 is 5.11 Å². The Morgan fingerprint density at radius 2 is 2.18 bits per heavy atom. The second-order valence-corrected chi connectivity index (χ2v) is 2.96. The third-order valence-corrected chi connectivity index (χ3v) is 1.99. The van der Waals surface area contributed by atoms with Gasteiger partial charge in [-0.05, 0) is 24.5 Å². The lowest BCUT2D eigenvalue weighted by molar-refractivity contribution is 0.112. The van der Waals surface area contributed by atoms with Crippen molar-refractivity contribution in [2.24, 2.45) is 0 Å². The molecule has 0 amide bonds. The van der Waals surface area contributed by atoms with E-state index in [9.17, 15) is 4.79 Å². The lowest BCUT2D eigenvalue weighted by atomic mass is 10.2. The molecule has 0 radical (unpaired) electrons. The molecule has 1 rings (SSSR count). The van der Waals surface area contributed by atoms with Crippen LogP contribution in [0.4, 0.5) is 0 Å². The molecule has 0 aliphatic heterocycles. The lowest BCUT2D eigenvalue weighted by Crippen LogP contribution is -1.79. The minimum absolute atomic E-state index is 0.138. The third kappa shape index (κ3) is 1.98. The van der Waals surface area contributed by atoms with Crippen LogP contribution in [-0.4, -0.2) is 17.6 Å². The van der Waals surface area contributed by atoms with Gasteiger partial charge in [0.15, 0.2) is 0 Å². The molecule has 0 atom stereocenters. The monoisotopic (exact) mass is 168 g/mol. The number of carbonyl (C=O) groups is 1. The molecule has 0 aliphatic rings. The number of phenolic OH excluding ortho intramolecular Hbond substituents is 1. The molecular formula is C8H8O2S. The predicted molar refractivity (Wildman–Crippen MR) is 45.3 cm³/mol. The maximum atomic E-state index is 10.3. The Morgan fingerprint density at radius 1 is 1.45 bits per heavy atom. The molecule has 3 heteroatoms. The van der Waals surface area contributed by atoms with Crippen LogP contribution in [0.1, 0.15) is 10.4 Å². The highest BCUT2D eigenvalue weighted by molar-refractivity contribution is 7.98. The second kappa shape index (κ2) is 3.44. The van der Waals surface area contributed by atoms with E-state index in [1.807, 2.05) is 6.26 Å². The Balaban J connectivity index is 3.11. The van der Waals surface area contributed by atoms with E-state index in [2.05, 4.69) is 0 Å². The van der Waals surface area contributed by atoms with Crippen LogP contribution in [0, 0.1) is 0 Å². The summed E-state index contributed by atoms with van der Waals surface area (Å²) in [4.78, 5) is 11.2. The number of aldehydes is 1. The Bertz CT molecular complexity index is 271. The summed E-state index contributed by atoms with van der Waals surface area (Å²) >= 11 is 1.49. The van der Waals surface area contributed by atoms with Gasteiger partial charge in [-0.2, -0.15) is 0 Å². The largest absolute Gasteiger partial charge is 0.508 e. The van der Waals surface area contributed by atoms with Crippen LogP contribution in [0.25, 0.3) is 0 Å². The smallest absolute Gasteiger partial charge is 0.150 e. The van der Waals surface area contributed by atoms with Crippen LogP contribution in [0.15, 0.2) is 23.1 Å². The molecule has 0 saturated carbocycles. The molecule has 11 heavy (non-hydrogen) atoms. The molecule has 0 fully saturated rings. The fraction of sp³-hybridized carbons (Fsp3) is 0.125. The van der Waals surface area contributed by atoms with Gasteiger partial charge in [-0.15, -0.1) is 11.8 Å². The maximum absolute atomic E-state index is 10.3. The van der Waals surface area contributed by atoms with E-state index < -0.39 is 0 Å². The van der Waals surface area contributed by atoms with E-state index in [0.29, 0.717) is 5.56 Å². The van der Waals surface area contributed by atoms with Gasteiger partial charge in [-0.25, -0.2) is 0 Å². The standard InChI is InChI=1S/C8H8O2S/c1-11-8-3-6(5-9)2-7(10)4-8/h2-5,10H,1H3. The van der Waals surface area contributed by atoms with E-state index in [-0.39, 0.29) is 5.75 Å². The van der Waals surface area contributed by atoms with Crippen molar-refractivity contribution in [3.05, 3.63) is 23.8 Å². The van der Waals surface area contributed by atoms with Crippen LogP contribution < -0.4 is 0 Å². The minimum atomic E-state index is 0.138. The Labute approximate surface area is 69.2 Å². The van der Waals surface area contributed by atoms with Crippen LogP contribution in [0.2, 0.25) is 0 Å². The predicted octanol–water partition coefficient (Wildman–Crippen LogP) is 1.93. The number of hydrogen-bond donors (Lipinski definition) is 1. The maximum Gasteiger partial charge on any atom is 0.150 e. The highest BCUT2D eigenvalue weighted by Crippen LogP contribution is 2.21. The number of hydrogen-bond acceptors (Lipinski definition) is 3. The lowest BCUT2D eigenvalue weighted by Gasteiger charge is -1.98. The van der Waals surface area contributed by atoms with Crippen molar-refractivity contribution in [3.63, 3.8) is 0 Å². The molecule has 0 saturated heterocycles. The van der Waals surface area contributed by atoms with Gasteiger partial charge in [0.05, 0.1) is 0 Å². The molecule has 1 N–H and O–H groups in total. The normalized spacial score (nSPS) is 9.55. The summed E-state index contributed by atoms with van der Waals surface area (Å²) in [5.74, 6) is 0.138. The first-order valence-corrected chi connectivity index (χ1v) is 4.32. The molecule has 0 aliphatic carbocycles. The number of rotatable bonds is 2. The zero-order chi connectivity index (χ0) is 8.27. The SMILES string of the molecule is CSc1cc(O)cc(C=O)c1. The van der Waals surface area contributed by atoms with Crippen LogP contribution in [-0.2, 0) is 0 Å². The van der Waals surface area contributed by atoms with Gasteiger partial charge in [0, 0.05) is 10.5 Å². The van der Waals surface area contributed by atoms with E-state index in [1.165, 1.54) is 17.8 Å². The molecule has 1 aromatic carbocycles. The van der Waals surface area contributed by atoms with Crippen LogP contribution >= 0.6 is 11.8 Å². The van der Waals surface area contributed by atoms with Crippen LogP contribution in [0.3, 0.4) is 0 Å². The first-order chi connectivity index (χ1) is 5.26. The quantitative estimate of drug-likeness (QED) is 0.541. The minimum Gasteiger partial charge on any atom is -0.508 e. The number of aromatic hydroxyl groups is 1. The van der Waals surface area contributed by atoms with Crippen molar-refractivity contribution in [2.75, 3.05) is 6.26 Å².